The molecular formula is C19H26ClNO4. The predicted octanol–water partition coefficient (Wildman–Crippen LogP) is 4.08. The van der Waals surface area contributed by atoms with Crippen molar-refractivity contribution in [2.24, 2.45) is 17.8 Å². The molecule has 25 heavy (non-hydrogen) atoms. The van der Waals surface area contributed by atoms with Gasteiger partial charge in [-0.05, 0) is 48.8 Å². The molecule has 0 bridgehead atoms. The number of hydrogen-bond acceptors (Lipinski definition) is 5. The molecule has 1 saturated carbocycles. The Morgan fingerprint density at radius 1 is 1.32 bits per heavy atom. The lowest BCUT2D eigenvalue weighted by atomic mass is 9.75. The van der Waals surface area contributed by atoms with Crippen molar-refractivity contribution >= 4 is 29.2 Å². The summed E-state index contributed by atoms with van der Waals surface area (Å²) in [4.78, 5) is 24.2. The van der Waals surface area contributed by atoms with Crippen LogP contribution in [-0.2, 0) is 14.3 Å². The Morgan fingerprint density at radius 3 is 2.68 bits per heavy atom. The van der Waals surface area contributed by atoms with Crippen LogP contribution < -0.4 is 5.73 Å². The second-order valence-electron chi connectivity index (χ2n) is 7.16. The lowest BCUT2D eigenvalue weighted by Gasteiger charge is -2.36. The Morgan fingerprint density at radius 2 is 2.04 bits per heavy atom. The van der Waals surface area contributed by atoms with E-state index in [0.717, 1.165) is 19.3 Å². The minimum Gasteiger partial charge on any atom is -0.460 e. The predicted molar refractivity (Wildman–Crippen MR) is 97.4 cm³/mol. The number of nitrogens with two attached hydrogens (primary N) is 1. The molecule has 1 fully saturated rings. The van der Waals surface area contributed by atoms with Gasteiger partial charge >= 0.3 is 11.9 Å². The molecule has 0 radical (unpaired) electrons. The SMILES string of the molecule is CC(C)[C@H]1CC[C@H](C)C[C@H]1OC(=O)COC(=O)c1ccc(Cl)cc1N. The smallest absolute Gasteiger partial charge is 0.344 e. The molecule has 0 spiro atoms. The van der Waals surface area contributed by atoms with E-state index in [9.17, 15) is 9.59 Å². The van der Waals surface area contributed by atoms with Gasteiger partial charge in [-0.15, -0.1) is 0 Å². The number of rotatable bonds is 5. The highest BCUT2D eigenvalue weighted by atomic mass is 35.5. The molecule has 1 aliphatic rings. The summed E-state index contributed by atoms with van der Waals surface area (Å²) in [6, 6.07) is 4.49. The van der Waals surface area contributed by atoms with Crippen molar-refractivity contribution < 1.29 is 19.1 Å². The van der Waals surface area contributed by atoms with Crippen LogP contribution in [0.3, 0.4) is 0 Å². The Labute approximate surface area is 153 Å². The van der Waals surface area contributed by atoms with Crippen molar-refractivity contribution in [3.63, 3.8) is 0 Å². The van der Waals surface area contributed by atoms with Gasteiger partial charge in [-0.3, -0.25) is 0 Å². The zero-order valence-corrected chi connectivity index (χ0v) is 15.7. The molecule has 1 aliphatic carbocycles. The monoisotopic (exact) mass is 367 g/mol. The summed E-state index contributed by atoms with van der Waals surface area (Å²) in [6.07, 6.45) is 2.95. The number of hydrogen-bond donors (Lipinski definition) is 1. The fourth-order valence-corrected chi connectivity index (χ4v) is 3.56. The van der Waals surface area contributed by atoms with Crippen LogP contribution in [-0.4, -0.2) is 24.6 Å². The van der Waals surface area contributed by atoms with Gasteiger partial charge in [0.25, 0.3) is 0 Å². The molecule has 0 unspecified atom stereocenters. The molecular weight excluding hydrogens is 342 g/mol. The standard InChI is InChI=1S/C19H26ClNO4/c1-11(2)14-6-4-12(3)8-17(14)25-18(22)10-24-19(23)15-7-5-13(20)9-16(15)21/h5,7,9,11-12,14,17H,4,6,8,10,21H2,1-3H3/t12-,14+,17+/m0/s1. The van der Waals surface area contributed by atoms with Crippen LogP contribution in [0.25, 0.3) is 0 Å². The van der Waals surface area contributed by atoms with Crippen molar-refractivity contribution in [1.82, 2.24) is 0 Å². The maximum atomic E-state index is 12.1. The Balaban J connectivity index is 1.90. The first kappa shape index (κ1) is 19.6. The molecule has 1 aromatic carbocycles. The van der Waals surface area contributed by atoms with Gasteiger partial charge in [0.1, 0.15) is 6.10 Å². The topological polar surface area (TPSA) is 78.6 Å². The molecule has 2 N–H and O–H groups in total. The molecule has 2 rings (SSSR count). The molecule has 3 atom stereocenters. The van der Waals surface area contributed by atoms with Gasteiger partial charge in [0.05, 0.1) is 5.56 Å². The second-order valence-corrected chi connectivity index (χ2v) is 7.60. The average Bonchev–Trinajstić information content (AvgIpc) is 2.52. The first-order valence-electron chi connectivity index (χ1n) is 8.69. The molecule has 5 nitrogen and oxygen atoms in total. The van der Waals surface area contributed by atoms with Gasteiger partial charge in [0, 0.05) is 10.7 Å². The quantitative estimate of drug-likeness (QED) is 0.626. The number of benzene rings is 1. The van der Waals surface area contributed by atoms with Crippen molar-refractivity contribution in [3.8, 4) is 0 Å². The summed E-state index contributed by atoms with van der Waals surface area (Å²) >= 11 is 5.80. The van der Waals surface area contributed by atoms with Gasteiger partial charge in [-0.25, -0.2) is 9.59 Å². The van der Waals surface area contributed by atoms with Crippen molar-refractivity contribution in [2.45, 2.75) is 46.1 Å². The van der Waals surface area contributed by atoms with Gasteiger partial charge in [-0.2, -0.15) is 0 Å². The summed E-state index contributed by atoms with van der Waals surface area (Å²) in [5, 5.41) is 0.430. The molecule has 6 heteroatoms. The lowest BCUT2D eigenvalue weighted by molar-refractivity contribution is -0.159. The van der Waals surface area contributed by atoms with Crippen molar-refractivity contribution in [1.29, 1.82) is 0 Å². The number of nitrogen functional groups attached to an aromatic ring is 1. The van der Waals surface area contributed by atoms with E-state index in [1.54, 1.807) is 6.07 Å². The molecule has 0 aromatic heterocycles. The van der Waals surface area contributed by atoms with Gasteiger partial charge in [0.15, 0.2) is 6.61 Å². The Hall–Kier alpha value is -1.75. The van der Waals surface area contributed by atoms with Gasteiger partial charge in [0.2, 0.25) is 0 Å². The van der Waals surface area contributed by atoms with E-state index in [0.29, 0.717) is 22.8 Å². The van der Waals surface area contributed by atoms with E-state index in [1.807, 2.05) is 0 Å². The lowest BCUT2D eigenvalue weighted by Crippen LogP contribution is -2.36. The molecule has 0 heterocycles. The first-order chi connectivity index (χ1) is 11.8. The van der Waals surface area contributed by atoms with E-state index >= 15 is 0 Å². The number of carbonyl (C=O) groups excluding carboxylic acids is 2. The average molecular weight is 368 g/mol. The highest BCUT2D eigenvalue weighted by Crippen LogP contribution is 2.35. The first-order valence-corrected chi connectivity index (χ1v) is 9.07. The Bertz CT molecular complexity index is 632. The van der Waals surface area contributed by atoms with Crippen LogP contribution in [0, 0.1) is 17.8 Å². The summed E-state index contributed by atoms with van der Waals surface area (Å²) in [6.45, 7) is 6.03. The zero-order chi connectivity index (χ0) is 18.6. The minimum absolute atomic E-state index is 0.115. The van der Waals surface area contributed by atoms with E-state index in [4.69, 9.17) is 26.8 Å². The normalized spacial score (nSPS) is 23.3. The third kappa shape index (κ3) is 5.36. The maximum Gasteiger partial charge on any atom is 0.344 e. The Kier molecular flexibility index (Phi) is 6.71. The number of carbonyl (C=O) groups is 2. The zero-order valence-electron chi connectivity index (χ0n) is 15.0. The van der Waals surface area contributed by atoms with Crippen LogP contribution in [0.4, 0.5) is 5.69 Å². The van der Waals surface area contributed by atoms with Crippen LogP contribution in [0.1, 0.15) is 50.4 Å². The molecule has 1 aromatic rings. The van der Waals surface area contributed by atoms with E-state index in [2.05, 4.69) is 20.8 Å². The van der Waals surface area contributed by atoms with Crippen molar-refractivity contribution in [2.75, 3.05) is 12.3 Å². The third-order valence-electron chi connectivity index (χ3n) is 4.80. The summed E-state index contributed by atoms with van der Waals surface area (Å²) in [5.74, 6) is 0.142. The highest BCUT2D eigenvalue weighted by molar-refractivity contribution is 6.31. The number of halogens is 1. The fraction of sp³-hybridized carbons (Fsp3) is 0.579. The van der Waals surface area contributed by atoms with Gasteiger partial charge < -0.3 is 15.2 Å². The summed E-state index contributed by atoms with van der Waals surface area (Å²) in [7, 11) is 0. The van der Waals surface area contributed by atoms with Crippen LogP contribution in [0.2, 0.25) is 5.02 Å². The van der Waals surface area contributed by atoms with Crippen LogP contribution in [0.15, 0.2) is 18.2 Å². The van der Waals surface area contributed by atoms with E-state index < -0.39 is 18.5 Å². The van der Waals surface area contributed by atoms with Crippen LogP contribution >= 0.6 is 11.6 Å². The molecule has 0 saturated heterocycles. The second kappa shape index (κ2) is 8.56. The largest absolute Gasteiger partial charge is 0.460 e. The number of ether oxygens (including phenoxy) is 2. The van der Waals surface area contributed by atoms with E-state index in [-0.39, 0.29) is 17.4 Å². The summed E-state index contributed by atoms with van der Waals surface area (Å²) < 4.78 is 10.6. The van der Waals surface area contributed by atoms with E-state index in [1.165, 1.54) is 12.1 Å². The van der Waals surface area contributed by atoms with Crippen LogP contribution in [0.5, 0.6) is 0 Å². The molecule has 0 aliphatic heterocycles. The number of anilines is 1. The van der Waals surface area contributed by atoms with Crippen molar-refractivity contribution in [3.05, 3.63) is 28.8 Å². The third-order valence-corrected chi connectivity index (χ3v) is 5.03. The molecule has 138 valence electrons. The highest BCUT2D eigenvalue weighted by Gasteiger charge is 2.33. The summed E-state index contributed by atoms with van der Waals surface area (Å²) in [5.41, 5.74) is 6.14. The fourth-order valence-electron chi connectivity index (χ4n) is 3.37. The number of esters is 2. The maximum absolute atomic E-state index is 12.1. The van der Waals surface area contributed by atoms with Gasteiger partial charge in [-0.1, -0.05) is 38.8 Å². The molecule has 0 amide bonds. The minimum atomic E-state index is -0.663.